The summed E-state index contributed by atoms with van der Waals surface area (Å²) in [5, 5.41) is 8.66. The van der Waals surface area contributed by atoms with Gasteiger partial charge in [0.2, 0.25) is 0 Å². The van der Waals surface area contributed by atoms with Gasteiger partial charge in [-0.25, -0.2) is 0 Å². The summed E-state index contributed by atoms with van der Waals surface area (Å²) in [5.41, 5.74) is 1.76. The zero-order chi connectivity index (χ0) is 8.97. The van der Waals surface area contributed by atoms with E-state index in [0.29, 0.717) is 6.61 Å². The minimum atomic E-state index is 0.680. The van der Waals surface area contributed by atoms with E-state index in [2.05, 4.69) is 6.07 Å². The minimum absolute atomic E-state index is 0.680. The van der Waals surface area contributed by atoms with Gasteiger partial charge in [-0.2, -0.15) is 5.26 Å². The highest BCUT2D eigenvalue weighted by Gasteiger charge is 2.00. The molecule has 12 heavy (non-hydrogen) atoms. The maximum Gasteiger partial charge on any atom is 0.101 e. The molecule has 0 unspecified atom stereocenters. The monoisotopic (exact) mass is 164 g/mol. The van der Waals surface area contributed by atoms with Crippen LogP contribution in [0.1, 0.15) is 11.1 Å². The maximum absolute atomic E-state index is 8.66. The van der Waals surface area contributed by atoms with Crippen LogP contribution in [0, 0.1) is 18.3 Å². The molecule has 0 saturated carbocycles. The first kappa shape index (κ1) is 8.82. The Labute approximate surface area is 72.2 Å². The van der Waals surface area contributed by atoms with Crippen molar-refractivity contribution in [3.63, 3.8) is 0 Å². The van der Waals surface area contributed by atoms with E-state index in [-0.39, 0.29) is 0 Å². The van der Waals surface area contributed by atoms with Crippen LogP contribution in [0.15, 0.2) is 12.4 Å². The van der Waals surface area contributed by atoms with Crippen molar-refractivity contribution in [3.05, 3.63) is 23.5 Å². The lowest BCUT2D eigenvalue weighted by Crippen LogP contribution is -2.00. The van der Waals surface area contributed by atoms with Gasteiger partial charge in [-0.3, -0.25) is 0 Å². The van der Waals surface area contributed by atoms with E-state index in [1.165, 1.54) is 0 Å². The molecule has 0 bridgehead atoms. The Balaban J connectivity index is 2.70. The van der Waals surface area contributed by atoms with Crippen LogP contribution in [0.4, 0.5) is 0 Å². The summed E-state index contributed by atoms with van der Waals surface area (Å²) in [6.07, 6.45) is 3.80. The van der Waals surface area contributed by atoms with Gasteiger partial charge in [-0.1, -0.05) is 0 Å². The summed E-state index contributed by atoms with van der Waals surface area (Å²) in [5.74, 6) is 0. The molecule has 64 valence electrons. The third-order valence-corrected chi connectivity index (χ3v) is 1.75. The summed E-state index contributed by atoms with van der Waals surface area (Å²) in [4.78, 5) is 0. The normalized spacial score (nSPS) is 9.75. The molecular formula is C9H12N2O. The fraction of sp³-hybridized carbons (Fsp3) is 0.444. The topological polar surface area (TPSA) is 38.0 Å². The second kappa shape index (κ2) is 3.93. The predicted molar refractivity (Wildman–Crippen MR) is 45.8 cm³/mol. The van der Waals surface area contributed by atoms with Gasteiger partial charge in [0.05, 0.1) is 12.2 Å². The second-order valence-electron chi connectivity index (χ2n) is 2.70. The number of nitriles is 1. The van der Waals surface area contributed by atoms with Gasteiger partial charge in [-0.05, 0) is 12.5 Å². The van der Waals surface area contributed by atoms with Crippen LogP contribution >= 0.6 is 0 Å². The number of rotatable bonds is 3. The smallest absolute Gasteiger partial charge is 0.101 e. The molecule has 1 rings (SSSR count). The minimum Gasteiger partial charge on any atom is -0.383 e. The zero-order valence-corrected chi connectivity index (χ0v) is 7.37. The molecule has 0 aromatic carbocycles. The molecule has 0 radical (unpaired) electrons. The number of hydrogen-bond acceptors (Lipinski definition) is 2. The van der Waals surface area contributed by atoms with E-state index >= 15 is 0 Å². The maximum atomic E-state index is 8.66. The Morgan fingerprint density at radius 2 is 2.33 bits per heavy atom. The summed E-state index contributed by atoms with van der Waals surface area (Å²) < 4.78 is 6.89. The fourth-order valence-electron chi connectivity index (χ4n) is 1.07. The van der Waals surface area contributed by atoms with Crippen LogP contribution in [0.5, 0.6) is 0 Å². The van der Waals surface area contributed by atoms with Gasteiger partial charge in [-0.15, -0.1) is 0 Å². The molecule has 1 heterocycles. The number of methoxy groups -OCH3 is 1. The Kier molecular flexibility index (Phi) is 2.89. The lowest BCUT2D eigenvalue weighted by molar-refractivity contribution is 0.187. The summed E-state index contributed by atoms with van der Waals surface area (Å²) in [6.45, 7) is 3.42. The molecule has 0 aliphatic carbocycles. The van der Waals surface area contributed by atoms with Crippen molar-refractivity contribution in [2.75, 3.05) is 13.7 Å². The molecule has 3 nitrogen and oxygen atoms in total. The van der Waals surface area contributed by atoms with Gasteiger partial charge in [0, 0.05) is 26.0 Å². The molecule has 0 saturated heterocycles. The first-order valence-electron chi connectivity index (χ1n) is 3.83. The molecule has 0 aliphatic heterocycles. The summed E-state index contributed by atoms with van der Waals surface area (Å²) in [7, 11) is 1.67. The van der Waals surface area contributed by atoms with Crippen molar-refractivity contribution in [3.8, 4) is 6.07 Å². The van der Waals surface area contributed by atoms with Gasteiger partial charge in [0.15, 0.2) is 0 Å². The van der Waals surface area contributed by atoms with E-state index in [0.717, 1.165) is 17.7 Å². The molecule has 0 atom stereocenters. The number of ether oxygens (including phenoxy) is 1. The summed E-state index contributed by atoms with van der Waals surface area (Å²) in [6, 6.07) is 2.13. The largest absolute Gasteiger partial charge is 0.383 e. The Morgan fingerprint density at radius 1 is 1.58 bits per heavy atom. The highest BCUT2D eigenvalue weighted by Crippen LogP contribution is 2.07. The van der Waals surface area contributed by atoms with Crippen LogP contribution in [0.2, 0.25) is 0 Å². The number of aryl methyl sites for hydroxylation is 1. The van der Waals surface area contributed by atoms with Gasteiger partial charge in [0.25, 0.3) is 0 Å². The third kappa shape index (κ3) is 1.86. The Hall–Kier alpha value is -1.27. The van der Waals surface area contributed by atoms with Crippen LogP contribution in [-0.4, -0.2) is 18.3 Å². The summed E-state index contributed by atoms with van der Waals surface area (Å²) >= 11 is 0. The lowest BCUT2D eigenvalue weighted by atomic mass is 10.2. The van der Waals surface area contributed by atoms with E-state index < -0.39 is 0 Å². The van der Waals surface area contributed by atoms with Crippen LogP contribution in [0.3, 0.4) is 0 Å². The third-order valence-electron chi connectivity index (χ3n) is 1.75. The quantitative estimate of drug-likeness (QED) is 0.675. The van der Waals surface area contributed by atoms with Crippen LogP contribution < -0.4 is 0 Å². The first-order chi connectivity index (χ1) is 5.77. The average molecular weight is 164 g/mol. The Morgan fingerprint density at radius 3 is 2.83 bits per heavy atom. The standard InChI is InChI=1S/C9H12N2O/c1-8-6-11(3-4-12-2)7-9(8)5-10/h6-7H,3-4H2,1-2H3. The number of aromatic nitrogens is 1. The molecule has 1 aromatic rings. The van der Waals surface area contributed by atoms with Crippen molar-refractivity contribution in [1.82, 2.24) is 4.57 Å². The average Bonchev–Trinajstić information content (AvgIpc) is 2.43. The number of hydrogen-bond donors (Lipinski definition) is 0. The molecule has 3 heteroatoms. The molecular weight excluding hydrogens is 152 g/mol. The van der Waals surface area contributed by atoms with E-state index in [1.807, 2.05) is 23.9 Å². The highest BCUT2D eigenvalue weighted by atomic mass is 16.5. The van der Waals surface area contributed by atoms with E-state index in [1.54, 1.807) is 7.11 Å². The molecule has 0 spiro atoms. The predicted octanol–water partition coefficient (Wildman–Crippen LogP) is 1.31. The van der Waals surface area contributed by atoms with Crippen LogP contribution in [-0.2, 0) is 11.3 Å². The van der Waals surface area contributed by atoms with Crippen molar-refractivity contribution in [2.24, 2.45) is 0 Å². The van der Waals surface area contributed by atoms with Crippen molar-refractivity contribution in [1.29, 1.82) is 5.26 Å². The molecule has 0 amide bonds. The van der Waals surface area contributed by atoms with Gasteiger partial charge in [0.1, 0.15) is 6.07 Å². The molecule has 1 aromatic heterocycles. The second-order valence-corrected chi connectivity index (χ2v) is 2.70. The SMILES string of the molecule is COCCn1cc(C)c(C#N)c1. The zero-order valence-electron chi connectivity index (χ0n) is 7.37. The highest BCUT2D eigenvalue weighted by molar-refractivity contribution is 5.34. The Bertz CT molecular complexity index is 296. The first-order valence-corrected chi connectivity index (χ1v) is 3.83. The van der Waals surface area contributed by atoms with Crippen molar-refractivity contribution >= 4 is 0 Å². The van der Waals surface area contributed by atoms with Gasteiger partial charge >= 0.3 is 0 Å². The lowest BCUT2D eigenvalue weighted by Gasteiger charge is -1.99. The number of nitrogens with zero attached hydrogens (tertiary/aromatic N) is 2. The van der Waals surface area contributed by atoms with Crippen LogP contribution in [0.25, 0.3) is 0 Å². The molecule has 0 fully saturated rings. The fourth-order valence-corrected chi connectivity index (χ4v) is 1.07. The van der Waals surface area contributed by atoms with E-state index in [4.69, 9.17) is 10.00 Å². The van der Waals surface area contributed by atoms with E-state index in [9.17, 15) is 0 Å². The molecule has 0 aliphatic rings. The van der Waals surface area contributed by atoms with Crippen molar-refractivity contribution in [2.45, 2.75) is 13.5 Å². The van der Waals surface area contributed by atoms with Gasteiger partial charge < -0.3 is 9.30 Å². The molecule has 0 N–H and O–H groups in total. The van der Waals surface area contributed by atoms with Crippen molar-refractivity contribution < 1.29 is 4.74 Å².